The average molecular weight is 310 g/mol. The highest BCUT2D eigenvalue weighted by molar-refractivity contribution is 9.10. The molecule has 1 amide bonds. The van der Waals surface area contributed by atoms with E-state index in [4.69, 9.17) is 0 Å². The summed E-state index contributed by atoms with van der Waals surface area (Å²) in [5.74, 6) is 0.906. The monoisotopic (exact) mass is 309 g/mol. The number of nitrogens with one attached hydrogen (secondary N) is 1. The first-order chi connectivity index (χ1) is 8.65. The van der Waals surface area contributed by atoms with Gasteiger partial charge < -0.3 is 5.32 Å². The number of anilines is 1. The maximum Gasteiger partial charge on any atom is 0.224 e. The molecule has 0 spiro atoms. The number of hydrogen-bond donors (Lipinski definition) is 1. The third-order valence-electron chi connectivity index (χ3n) is 3.65. The van der Waals surface area contributed by atoms with Crippen LogP contribution < -0.4 is 5.32 Å². The van der Waals surface area contributed by atoms with Gasteiger partial charge in [0.2, 0.25) is 5.91 Å². The van der Waals surface area contributed by atoms with E-state index in [2.05, 4.69) is 21.2 Å². The van der Waals surface area contributed by atoms with Gasteiger partial charge in [0.1, 0.15) is 0 Å². The Kier molecular flexibility index (Phi) is 4.81. The maximum atomic E-state index is 11.9. The largest absolute Gasteiger partial charge is 0.325 e. The number of carbonyl (C=O) groups is 1. The van der Waals surface area contributed by atoms with E-state index < -0.39 is 0 Å². The summed E-state index contributed by atoms with van der Waals surface area (Å²) < 4.78 is 0.955. The Balaban J connectivity index is 1.82. The summed E-state index contributed by atoms with van der Waals surface area (Å²) in [7, 11) is 0. The maximum absolute atomic E-state index is 11.9. The van der Waals surface area contributed by atoms with Crippen LogP contribution in [-0.4, -0.2) is 5.91 Å². The number of halogens is 1. The third kappa shape index (κ3) is 3.84. The van der Waals surface area contributed by atoms with Crippen molar-refractivity contribution in [3.05, 3.63) is 28.2 Å². The molecular weight excluding hydrogens is 290 g/mol. The van der Waals surface area contributed by atoms with Crippen molar-refractivity contribution in [3.63, 3.8) is 0 Å². The highest BCUT2D eigenvalue weighted by Gasteiger charge is 2.16. The second-order valence-electron chi connectivity index (χ2n) is 5.22. The molecule has 1 saturated carbocycles. The molecule has 0 aromatic heterocycles. The highest BCUT2D eigenvalue weighted by Crippen LogP contribution is 2.29. The molecule has 0 atom stereocenters. The van der Waals surface area contributed by atoms with E-state index in [1.165, 1.54) is 31.2 Å². The predicted molar refractivity (Wildman–Crippen MR) is 78.7 cm³/mol. The first kappa shape index (κ1) is 13.6. The van der Waals surface area contributed by atoms with Gasteiger partial charge in [0.05, 0.1) is 5.69 Å². The van der Waals surface area contributed by atoms with Gasteiger partial charge in [0, 0.05) is 10.9 Å². The fourth-order valence-corrected chi connectivity index (χ4v) is 3.16. The van der Waals surface area contributed by atoms with Gasteiger partial charge in [0.15, 0.2) is 0 Å². The summed E-state index contributed by atoms with van der Waals surface area (Å²) in [5, 5.41) is 2.98. The number of hydrogen-bond acceptors (Lipinski definition) is 1. The Labute approximate surface area is 117 Å². The lowest BCUT2D eigenvalue weighted by Crippen LogP contribution is -2.13. The van der Waals surface area contributed by atoms with Crippen molar-refractivity contribution < 1.29 is 4.79 Å². The molecule has 1 N–H and O–H groups in total. The molecule has 18 heavy (non-hydrogen) atoms. The van der Waals surface area contributed by atoms with E-state index in [1.807, 2.05) is 25.1 Å². The van der Waals surface area contributed by atoms with Crippen molar-refractivity contribution in [2.45, 2.75) is 45.4 Å². The van der Waals surface area contributed by atoms with E-state index in [0.29, 0.717) is 6.42 Å². The molecule has 1 fully saturated rings. The van der Waals surface area contributed by atoms with Crippen LogP contribution in [0.2, 0.25) is 0 Å². The quantitative estimate of drug-likeness (QED) is 0.860. The van der Waals surface area contributed by atoms with Crippen LogP contribution >= 0.6 is 15.9 Å². The molecule has 0 heterocycles. The number of rotatable bonds is 4. The summed E-state index contributed by atoms with van der Waals surface area (Å²) in [6, 6.07) is 5.98. The van der Waals surface area contributed by atoms with Crippen molar-refractivity contribution in [3.8, 4) is 0 Å². The molecule has 3 heteroatoms. The topological polar surface area (TPSA) is 29.1 Å². The molecule has 98 valence electrons. The first-order valence-corrected chi connectivity index (χ1v) is 7.50. The normalized spacial score (nSPS) is 15.9. The zero-order valence-corrected chi connectivity index (χ0v) is 12.4. The van der Waals surface area contributed by atoms with Gasteiger partial charge in [-0.1, -0.05) is 31.7 Å². The Bertz CT molecular complexity index is 425. The van der Waals surface area contributed by atoms with Gasteiger partial charge in [0.25, 0.3) is 0 Å². The van der Waals surface area contributed by atoms with Crippen LogP contribution in [0.5, 0.6) is 0 Å². The standard InChI is InChI=1S/C15H20BrNO/c1-11-6-8-14(13(16)10-11)17-15(18)9-7-12-4-2-3-5-12/h6,8,10,12H,2-5,7,9H2,1H3,(H,17,18). The SMILES string of the molecule is Cc1ccc(NC(=O)CCC2CCCC2)c(Br)c1. The summed E-state index contributed by atoms with van der Waals surface area (Å²) in [4.78, 5) is 11.9. The molecular formula is C15H20BrNO. The van der Waals surface area contributed by atoms with Gasteiger partial charge >= 0.3 is 0 Å². The lowest BCUT2D eigenvalue weighted by molar-refractivity contribution is -0.116. The highest BCUT2D eigenvalue weighted by atomic mass is 79.9. The molecule has 0 unspecified atom stereocenters. The second kappa shape index (κ2) is 6.37. The van der Waals surface area contributed by atoms with Gasteiger partial charge in [-0.15, -0.1) is 0 Å². The van der Waals surface area contributed by atoms with Crippen LogP contribution in [0.25, 0.3) is 0 Å². The van der Waals surface area contributed by atoms with E-state index in [-0.39, 0.29) is 5.91 Å². The Morgan fingerprint density at radius 3 is 2.78 bits per heavy atom. The molecule has 1 aromatic carbocycles. The minimum atomic E-state index is 0.131. The van der Waals surface area contributed by atoms with Crippen molar-refractivity contribution in [1.82, 2.24) is 0 Å². The predicted octanol–water partition coefficient (Wildman–Crippen LogP) is 4.67. The summed E-state index contributed by atoms with van der Waals surface area (Å²) in [6.45, 7) is 2.04. The number of carbonyl (C=O) groups excluding carboxylic acids is 1. The lowest BCUT2D eigenvalue weighted by atomic mass is 10.0. The summed E-state index contributed by atoms with van der Waals surface area (Å²) in [5.41, 5.74) is 2.06. The van der Waals surface area contributed by atoms with Crippen LogP contribution in [-0.2, 0) is 4.79 Å². The van der Waals surface area contributed by atoms with Crippen LogP contribution in [0.15, 0.2) is 22.7 Å². The van der Waals surface area contributed by atoms with E-state index >= 15 is 0 Å². The van der Waals surface area contributed by atoms with Gasteiger partial charge in [-0.2, -0.15) is 0 Å². The third-order valence-corrected chi connectivity index (χ3v) is 4.31. The fraction of sp³-hybridized carbons (Fsp3) is 0.533. The smallest absolute Gasteiger partial charge is 0.224 e. The molecule has 2 nitrogen and oxygen atoms in total. The molecule has 2 rings (SSSR count). The van der Waals surface area contributed by atoms with Crippen molar-refractivity contribution in [2.24, 2.45) is 5.92 Å². The zero-order valence-electron chi connectivity index (χ0n) is 10.8. The Morgan fingerprint density at radius 2 is 2.11 bits per heavy atom. The molecule has 0 bridgehead atoms. The van der Waals surface area contributed by atoms with Crippen molar-refractivity contribution in [1.29, 1.82) is 0 Å². The summed E-state index contributed by atoms with van der Waals surface area (Å²) >= 11 is 3.48. The lowest BCUT2D eigenvalue weighted by Gasteiger charge is -2.10. The van der Waals surface area contributed by atoms with Gasteiger partial charge in [-0.3, -0.25) is 4.79 Å². The van der Waals surface area contributed by atoms with Gasteiger partial charge in [-0.05, 0) is 52.9 Å². The minimum absolute atomic E-state index is 0.131. The molecule has 0 saturated heterocycles. The van der Waals surface area contributed by atoms with Crippen molar-refractivity contribution >= 4 is 27.5 Å². The average Bonchev–Trinajstić information content (AvgIpc) is 2.83. The first-order valence-electron chi connectivity index (χ1n) is 6.71. The van der Waals surface area contributed by atoms with E-state index in [9.17, 15) is 4.79 Å². The van der Waals surface area contributed by atoms with Crippen molar-refractivity contribution in [2.75, 3.05) is 5.32 Å². The van der Waals surface area contributed by atoms with Gasteiger partial charge in [-0.25, -0.2) is 0 Å². The summed E-state index contributed by atoms with van der Waals surface area (Å²) in [6.07, 6.45) is 6.98. The zero-order chi connectivity index (χ0) is 13.0. The number of aryl methyl sites for hydroxylation is 1. The second-order valence-corrected chi connectivity index (χ2v) is 6.07. The Morgan fingerprint density at radius 1 is 1.39 bits per heavy atom. The van der Waals surface area contributed by atoms with Crippen LogP contribution in [0.1, 0.15) is 44.1 Å². The number of amides is 1. The van der Waals surface area contributed by atoms with E-state index in [1.54, 1.807) is 0 Å². The van der Waals surface area contributed by atoms with Crippen LogP contribution in [0.4, 0.5) is 5.69 Å². The fourth-order valence-electron chi connectivity index (χ4n) is 2.57. The molecule has 1 aliphatic carbocycles. The van der Waals surface area contributed by atoms with Crippen LogP contribution in [0.3, 0.4) is 0 Å². The van der Waals surface area contributed by atoms with Crippen LogP contribution in [0, 0.1) is 12.8 Å². The molecule has 0 aliphatic heterocycles. The molecule has 1 aromatic rings. The van der Waals surface area contributed by atoms with E-state index in [0.717, 1.165) is 22.5 Å². The molecule has 1 aliphatic rings. The Hall–Kier alpha value is -0.830. The molecule has 0 radical (unpaired) electrons. The number of benzene rings is 1. The minimum Gasteiger partial charge on any atom is -0.325 e.